The van der Waals surface area contributed by atoms with Crippen LogP contribution in [0.1, 0.15) is 0 Å². The quantitative estimate of drug-likeness (QED) is 0.499. The summed E-state index contributed by atoms with van der Waals surface area (Å²) >= 11 is 3.69. The van der Waals surface area contributed by atoms with E-state index in [1.54, 1.807) is 0 Å². The summed E-state index contributed by atoms with van der Waals surface area (Å²) in [7, 11) is 0. The molecule has 2 N–H and O–H groups in total. The van der Waals surface area contributed by atoms with Gasteiger partial charge in [-0.2, -0.15) is 0 Å². The highest BCUT2D eigenvalue weighted by atomic mass is 32.1. The number of aromatic hydroxyl groups is 1. The minimum absolute atomic E-state index is 0.0438. The Balaban J connectivity index is 2.88. The Morgan fingerprint density at radius 3 is 2.44 bits per heavy atom. The average molecular weight is 143 g/mol. The molecule has 0 saturated heterocycles. The molecule has 1 rings (SSSR count). The van der Waals surface area contributed by atoms with Crippen LogP contribution in [0, 0.1) is 0 Å². The SMILES string of the molecule is Oc1cnc(NS)nc1. The first-order valence-electron chi connectivity index (χ1n) is 2.24. The molecule has 0 saturated carbocycles. The normalized spacial score (nSPS) is 9.00. The van der Waals surface area contributed by atoms with E-state index in [9.17, 15) is 0 Å². The molecule has 0 spiro atoms. The Morgan fingerprint density at radius 2 is 2.00 bits per heavy atom. The highest BCUT2D eigenvalue weighted by molar-refractivity contribution is 7.81. The zero-order valence-electron chi connectivity index (χ0n) is 4.44. The van der Waals surface area contributed by atoms with Crippen molar-refractivity contribution in [1.82, 2.24) is 9.97 Å². The molecule has 48 valence electrons. The van der Waals surface area contributed by atoms with Gasteiger partial charge in [0.05, 0.1) is 12.4 Å². The van der Waals surface area contributed by atoms with E-state index in [1.807, 2.05) is 0 Å². The van der Waals surface area contributed by atoms with Crippen molar-refractivity contribution < 1.29 is 5.11 Å². The smallest absolute Gasteiger partial charge is 0.232 e. The van der Waals surface area contributed by atoms with Gasteiger partial charge in [-0.25, -0.2) is 9.97 Å². The van der Waals surface area contributed by atoms with Crippen molar-refractivity contribution >= 4 is 18.8 Å². The van der Waals surface area contributed by atoms with Gasteiger partial charge in [0.2, 0.25) is 5.95 Å². The summed E-state index contributed by atoms with van der Waals surface area (Å²) < 4.78 is 2.42. The second kappa shape index (κ2) is 2.54. The van der Waals surface area contributed by atoms with Gasteiger partial charge in [0, 0.05) is 0 Å². The van der Waals surface area contributed by atoms with Crippen LogP contribution >= 0.6 is 12.8 Å². The van der Waals surface area contributed by atoms with Crippen LogP contribution in [0.15, 0.2) is 12.4 Å². The van der Waals surface area contributed by atoms with Gasteiger partial charge in [0.15, 0.2) is 5.75 Å². The summed E-state index contributed by atoms with van der Waals surface area (Å²) in [5.41, 5.74) is 0. The number of aromatic nitrogens is 2. The van der Waals surface area contributed by atoms with Crippen molar-refractivity contribution in [1.29, 1.82) is 0 Å². The van der Waals surface area contributed by atoms with Crippen molar-refractivity contribution in [2.45, 2.75) is 0 Å². The topological polar surface area (TPSA) is 58.0 Å². The molecule has 1 aromatic rings. The van der Waals surface area contributed by atoms with Gasteiger partial charge in [0.1, 0.15) is 0 Å². The molecule has 9 heavy (non-hydrogen) atoms. The van der Waals surface area contributed by atoms with Gasteiger partial charge in [-0.15, -0.1) is 0 Å². The third-order valence-corrected chi connectivity index (χ3v) is 0.938. The van der Waals surface area contributed by atoms with Gasteiger partial charge in [-0.1, -0.05) is 12.8 Å². The first kappa shape index (κ1) is 6.15. The Morgan fingerprint density at radius 1 is 1.44 bits per heavy atom. The number of hydrogen-bond acceptors (Lipinski definition) is 5. The van der Waals surface area contributed by atoms with Crippen LogP contribution in [-0.4, -0.2) is 15.1 Å². The maximum atomic E-state index is 8.67. The second-order valence-electron chi connectivity index (χ2n) is 1.38. The second-order valence-corrected chi connectivity index (χ2v) is 1.60. The maximum absolute atomic E-state index is 8.67. The summed E-state index contributed by atoms with van der Waals surface area (Å²) in [4.78, 5) is 7.30. The number of nitrogens with zero attached hydrogens (tertiary/aromatic N) is 2. The molecule has 1 aromatic heterocycles. The molecular formula is C4H5N3OS. The van der Waals surface area contributed by atoms with E-state index in [1.165, 1.54) is 12.4 Å². The van der Waals surface area contributed by atoms with Crippen LogP contribution < -0.4 is 4.72 Å². The monoisotopic (exact) mass is 143 g/mol. The average Bonchev–Trinajstić information content (AvgIpc) is 1.90. The first-order chi connectivity index (χ1) is 4.33. The van der Waals surface area contributed by atoms with E-state index in [4.69, 9.17) is 5.11 Å². The molecule has 0 amide bonds. The molecule has 0 aliphatic rings. The van der Waals surface area contributed by atoms with Gasteiger partial charge < -0.3 is 9.83 Å². The molecule has 0 atom stereocenters. The lowest BCUT2D eigenvalue weighted by Gasteiger charge is -1.93. The first-order valence-corrected chi connectivity index (χ1v) is 2.69. The van der Waals surface area contributed by atoms with E-state index in [0.717, 1.165) is 0 Å². The predicted molar refractivity (Wildman–Crippen MR) is 36.3 cm³/mol. The minimum atomic E-state index is 0.0438. The number of nitrogens with one attached hydrogen (secondary N) is 1. The van der Waals surface area contributed by atoms with Crippen molar-refractivity contribution in [3.63, 3.8) is 0 Å². The van der Waals surface area contributed by atoms with Crippen molar-refractivity contribution in [3.05, 3.63) is 12.4 Å². The molecule has 0 aliphatic heterocycles. The third kappa shape index (κ3) is 1.46. The summed E-state index contributed by atoms with van der Waals surface area (Å²) in [5.74, 6) is 0.415. The molecule has 0 radical (unpaired) electrons. The van der Waals surface area contributed by atoms with Gasteiger partial charge in [-0.3, -0.25) is 0 Å². The van der Waals surface area contributed by atoms with E-state index in [0.29, 0.717) is 5.95 Å². The fraction of sp³-hybridized carbons (Fsp3) is 0. The minimum Gasteiger partial charge on any atom is -0.505 e. The molecule has 0 aromatic carbocycles. The Hall–Kier alpha value is -0.970. The number of thiol groups is 1. The van der Waals surface area contributed by atoms with E-state index < -0.39 is 0 Å². The lowest BCUT2D eigenvalue weighted by atomic mass is 10.6. The van der Waals surface area contributed by atoms with Crippen LogP contribution in [0.2, 0.25) is 0 Å². The van der Waals surface area contributed by atoms with Gasteiger partial charge in [-0.05, 0) is 0 Å². The predicted octanol–water partition coefficient (Wildman–Crippen LogP) is 0.439. The Kier molecular flexibility index (Phi) is 1.74. The van der Waals surface area contributed by atoms with E-state index >= 15 is 0 Å². The summed E-state index contributed by atoms with van der Waals surface area (Å²) in [5, 5.41) is 8.67. The number of hydrogen-bond donors (Lipinski definition) is 3. The molecule has 0 aliphatic carbocycles. The molecule has 4 nitrogen and oxygen atoms in total. The molecule has 5 heteroatoms. The summed E-state index contributed by atoms with van der Waals surface area (Å²) in [6.45, 7) is 0. The fourth-order valence-electron chi connectivity index (χ4n) is 0.379. The van der Waals surface area contributed by atoms with E-state index in [-0.39, 0.29) is 5.75 Å². The lowest BCUT2D eigenvalue weighted by molar-refractivity contribution is 0.470. The van der Waals surface area contributed by atoms with Crippen LogP contribution in [0.5, 0.6) is 5.75 Å². The molecule has 0 unspecified atom stereocenters. The highest BCUT2D eigenvalue weighted by Crippen LogP contribution is 2.04. The third-order valence-electron chi connectivity index (χ3n) is 0.738. The summed E-state index contributed by atoms with van der Waals surface area (Å²) in [6, 6.07) is 0. The maximum Gasteiger partial charge on any atom is 0.232 e. The zero-order valence-corrected chi connectivity index (χ0v) is 5.34. The standard InChI is InChI=1S/C4H5N3OS/c8-3-1-5-4(7-9)6-2-3/h1-2,8-9H,(H,5,6,7). The molecule has 0 bridgehead atoms. The van der Waals surface area contributed by atoms with Crippen molar-refractivity contribution in [2.24, 2.45) is 0 Å². The van der Waals surface area contributed by atoms with Crippen LogP contribution in [0.25, 0.3) is 0 Å². The fourth-order valence-corrected chi connectivity index (χ4v) is 0.494. The number of rotatable bonds is 1. The zero-order chi connectivity index (χ0) is 6.69. The van der Waals surface area contributed by atoms with Crippen LogP contribution in [0.3, 0.4) is 0 Å². The van der Waals surface area contributed by atoms with Crippen LogP contribution in [-0.2, 0) is 0 Å². The van der Waals surface area contributed by atoms with Crippen molar-refractivity contribution in [2.75, 3.05) is 4.72 Å². The largest absolute Gasteiger partial charge is 0.505 e. The van der Waals surface area contributed by atoms with E-state index in [2.05, 4.69) is 27.5 Å². The van der Waals surface area contributed by atoms with Gasteiger partial charge in [0.25, 0.3) is 0 Å². The lowest BCUT2D eigenvalue weighted by Crippen LogP contribution is -1.87. The molecule has 0 fully saturated rings. The van der Waals surface area contributed by atoms with Crippen LogP contribution in [0.4, 0.5) is 5.95 Å². The van der Waals surface area contributed by atoms with Gasteiger partial charge >= 0.3 is 0 Å². The highest BCUT2D eigenvalue weighted by Gasteiger charge is 1.89. The Labute approximate surface area is 57.5 Å². The molecule has 1 heterocycles. The Bertz CT molecular complexity index is 188. The van der Waals surface area contributed by atoms with Crippen molar-refractivity contribution in [3.8, 4) is 5.75 Å². The molecular weight excluding hydrogens is 138 g/mol. The number of anilines is 1. The summed E-state index contributed by atoms with van der Waals surface area (Å²) in [6.07, 6.45) is 2.57.